The largest absolute Gasteiger partial charge is 0.474 e. The number of carbonyl (C=O) groups is 1. The third-order valence-corrected chi connectivity index (χ3v) is 4.90. The number of nitrogens with zero attached hydrogens (tertiary/aromatic N) is 4. The number of pyridine rings is 2. The van der Waals surface area contributed by atoms with E-state index in [1.54, 1.807) is 24.0 Å². The Labute approximate surface area is 163 Å². The molecule has 0 aromatic carbocycles. The highest BCUT2D eigenvalue weighted by atomic mass is 19.4. The molecule has 3 aromatic heterocycles. The Morgan fingerprint density at radius 2 is 2.14 bits per heavy atom. The van der Waals surface area contributed by atoms with E-state index in [1.807, 2.05) is 6.92 Å². The molecule has 152 valence electrons. The molecule has 1 N–H and O–H groups in total. The van der Waals surface area contributed by atoms with Crippen LogP contribution in [0.15, 0.2) is 30.6 Å². The third-order valence-electron chi connectivity index (χ3n) is 4.90. The van der Waals surface area contributed by atoms with Gasteiger partial charge in [0.25, 0.3) is 0 Å². The highest BCUT2D eigenvalue weighted by Crippen LogP contribution is 2.32. The zero-order valence-electron chi connectivity index (χ0n) is 15.7. The number of rotatable bonds is 4. The summed E-state index contributed by atoms with van der Waals surface area (Å²) >= 11 is 0. The number of fused-ring (bicyclic) bond motifs is 1. The summed E-state index contributed by atoms with van der Waals surface area (Å²) in [5, 5.41) is 7.82. The Morgan fingerprint density at radius 1 is 1.34 bits per heavy atom. The van der Waals surface area contributed by atoms with Crippen molar-refractivity contribution >= 4 is 16.8 Å². The molecule has 0 radical (unpaired) electrons. The lowest BCUT2D eigenvalue weighted by Gasteiger charge is -2.19. The summed E-state index contributed by atoms with van der Waals surface area (Å²) in [6.45, 7) is 2.39. The van der Waals surface area contributed by atoms with Crippen LogP contribution >= 0.6 is 0 Å². The zero-order valence-corrected chi connectivity index (χ0v) is 15.7. The van der Waals surface area contributed by atoms with E-state index >= 15 is 0 Å². The number of aromatic nitrogens is 4. The van der Waals surface area contributed by atoms with E-state index in [9.17, 15) is 18.0 Å². The second-order valence-corrected chi connectivity index (χ2v) is 7.07. The average Bonchev–Trinajstić information content (AvgIpc) is 3.26. The SMILES string of the molecule is CC(Oc1nc(-c2ccc(C(F)(F)F)nc2)cc2nn(C)cc12)[C@H]1CNC(=O)C1. The van der Waals surface area contributed by atoms with Crippen molar-refractivity contribution in [2.75, 3.05) is 6.54 Å². The minimum absolute atomic E-state index is 0.00686. The van der Waals surface area contributed by atoms with Crippen molar-refractivity contribution in [2.45, 2.75) is 25.6 Å². The molecule has 10 heteroatoms. The molecule has 4 heterocycles. The van der Waals surface area contributed by atoms with E-state index in [0.717, 1.165) is 12.3 Å². The highest BCUT2D eigenvalue weighted by Gasteiger charge is 2.32. The Bertz CT molecular complexity index is 1060. The van der Waals surface area contributed by atoms with Gasteiger partial charge in [-0.3, -0.25) is 14.5 Å². The fraction of sp³-hybridized carbons (Fsp3) is 0.368. The third kappa shape index (κ3) is 3.87. The predicted octanol–water partition coefficient (Wildman–Crippen LogP) is 2.95. The Kier molecular flexibility index (Phi) is 4.64. The van der Waals surface area contributed by atoms with Gasteiger partial charge in [0, 0.05) is 43.9 Å². The van der Waals surface area contributed by atoms with Gasteiger partial charge in [-0.2, -0.15) is 18.3 Å². The molecule has 0 aliphatic carbocycles. The van der Waals surface area contributed by atoms with E-state index in [0.29, 0.717) is 41.0 Å². The predicted molar refractivity (Wildman–Crippen MR) is 97.9 cm³/mol. The molecule has 1 aliphatic heterocycles. The normalized spacial score (nSPS) is 18.1. The van der Waals surface area contributed by atoms with E-state index in [2.05, 4.69) is 20.4 Å². The smallest absolute Gasteiger partial charge is 0.433 e. The maximum atomic E-state index is 12.8. The lowest BCUT2D eigenvalue weighted by Crippen LogP contribution is -2.26. The first kappa shape index (κ1) is 19.2. The molecular weight excluding hydrogens is 387 g/mol. The van der Waals surface area contributed by atoms with Crippen molar-refractivity contribution in [3.8, 4) is 17.1 Å². The Morgan fingerprint density at radius 3 is 2.76 bits per heavy atom. The van der Waals surface area contributed by atoms with Gasteiger partial charge in [-0.15, -0.1) is 0 Å². The van der Waals surface area contributed by atoms with Crippen LogP contribution in [0.3, 0.4) is 0 Å². The highest BCUT2D eigenvalue weighted by molar-refractivity contribution is 5.86. The molecule has 1 aliphatic rings. The zero-order chi connectivity index (χ0) is 20.8. The molecule has 0 saturated carbocycles. The molecule has 1 unspecified atom stereocenters. The summed E-state index contributed by atoms with van der Waals surface area (Å²) in [7, 11) is 1.76. The number of halogens is 3. The van der Waals surface area contributed by atoms with Crippen molar-refractivity contribution < 1.29 is 22.7 Å². The molecule has 2 atom stereocenters. The fourth-order valence-electron chi connectivity index (χ4n) is 3.29. The minimum Gasteiger partial charge on any atom is -0.474 e. The Balaban J connectivity index is 1.70. The van der Waals surface area contributed by atoms with Crippen LogP contribution in [-0.2, 0) is 18.0 Å². The van der Waals surface area contributed by atoms with Gasteiger partial charge in [0.2, 0.25) is 11.8 Å². The van der Waals surface area contributed by atoms with E-state index < -0.39 is 11.9 Å². The molecule has 4 rings (SSSR count). The second-order valence-electron chi connectivity index (χ2n) is 7.07. The van der Waals surface area contributed by atoms with Crippen LogP contribution in [0.25, 0.3) is 22.2 Å². The lowest BCUT2D eigenvalue weighted by molar-refractivity contribution is -0.141. The quantitative estimate of drug-likeness (QED) is 0.722. The molecule has 29 heavy (non-hydrogen) atoms. The van der Waals surface area contributed by atoms with Gasteiger partial charge in [0.1, 0.15) is 11.8 Å². The molecular formula is C19H18F3N5O2. The number of nitrogens with one attached hydrogen (secondary N) is 1. The second kappa shape index (κ2) is 7.02. The van der Waals surface area contributed by atoms with Gasteiger partial charge in [0.15, 0.2) is 0 Å². The topological polar surface area (TPSA) is 81.9 Å². The van der Waals surface area contributed by atoms with Crippen LogP contribution in [0, 0.1) is 5.92 Å². The van der Waals surface area contributed by atoms with Crippen LogP contribution in [0.1, 0.15) is 19.0 Å². The minimum atomic E-state index is -4.51. The van der Waals surface area contributed by atoms with Crippen molar-refractivity contribution in [3.05, 3.63) is 36.3 Å². The summed E-state index contributed by atoms with van der Waals surface area (Å²) in [4.78, 5) is 19.5. The first-order chi connectivity index (χ1) is 13.7. The standard InChI is InChI=1S/C19H18F3N5O2/c1-10(12-5-17(28)24-8-12)29-18-13-9-27(2)26-15(13)6-14(25-18)11-3-4-16(23-7-11)19(20,21)22/h3-4,6-7,9-10,12H,5,8H2,1-2H3,(H,24,28)/t10?,12-/m1/s1. The molecule has 1 saturated heterocycles. The molecule has 3 aromatic rings. The lowest BCUT2D eigenvalue weighted by atomic mass is 10.0. The van der Waals surface area contributed by atoms with Gasteiger partial charge < -0.3 is 10.1 Å². The van der Waals surface area contributed by atoms with Crippen LogP contribution in [0.4, 0.5) is 13.2 Å². The fourth-order valence-corrected chi connectivity index (χ4v) is 3.29. The summed E-state index contributed by atoms with van der Waals surface area (Å²) in [5.41, 5.74) is 0.449. The number of carbonyl (C=O) groups excluding carboxylic acids is 1. The molecule has 1 amide bonds. The van der Waals surface area contributed by atoms with E-state index in [1.165, 1.54) is 6.07 Å². The summed E-state index contributed by atoms with van der Waals surface area (Å²) in [6.07, 6.45) is -1.53. The summed E-state index contributed by atoms with van der Waals surface area (Å²) in [5.74, 6) is 0.305. The monoisotopic (exact) mass is 405 g/mol. The van der Waals surface area contributed by atoms with Crippen LogP contribution in [0.5, 0.6) is 5.88 Å². The maximum absolute atomic E-state index is 12.8. The first-order valence-corrected chi connectivity index (χ1v) is 9.02. The number of hydrogen-bond donors (Lipinski definition) is 1. The van der Waals surface area contributed by atoms with Crippen LogP contribution < -0.4 is 10.1 Å². The van der Waals surface area contributed by atoms with E-state index in [-0.39, 0.29) is 17.9 Å². The number of aryl methyl sites for hydroxylation is 1. The van der Waals surface area contributed by atoms with Crippen LogP contribution in [0.2, 0.25) is 0 Å². The number of alkyl halides is 3. The van der Waals surface area contributed by atoms with Crippen molar-refractivity contribution in [2.24, 2.45) is 13.0 Å². The molecule has 0 bridgehead atoms. The average molecular weight is 405 g/mol. The van der Waals surface area contributed by atoms with Crippen molar-refractivity contribution in [1.82, 2.24) is 25.1 Å². The van der Waals surface area contributed by atoms with Gasteiger partial charge in [-0.25, -0.2) is 4.98 Å². The summed E-state index contributed by atoms with van der Waals surface area (Å²) < 4.78 is 46.0. The van der Waals surface area contributed by atoms with Gasteiger partial charge in [-0.1, -0.05) is 0 Å². The van der Waals surface area contributed by atoms with Gasteiger partial charge in [-0.05, 0) is 25.1 Å². The van der Waals surface area contributed by atoms with Crippen LogP contribution in [-0.4, -0.2) is 38.3 Å². The molecule has 1 fully saturated rings. The van der Waals surface area contributed by atoms with Gasteiger partial charge >= 0.3 is 6.18 Å². The molecule has 7 nitrogen and oxygen atoms in total. The maximum Gasteiger partial charge on any atom is 0.433 e. The Hall–Kier alpha value is -3.17. The number of ether oxygens (including phenoxy) is 1. The summed E-state index contributed by atoms with van der Waals surface area (Å²) in [6, 6.07) is 3.91. The molecule has 0 spiro atoms. The van der Waals surface area contributed by atoms with Gasteiger partial charge in [0.05, 0.1) is 16.6 Å². The van der Waals surface area contributed by atoms with E-state index in [4.69, 9.17) is 4.74 Å². The number of amides is 1. The van der Waals surface area contributed by atoms with Crippen molar-refractivity contribution in [3.63, 3.8) is 0 Å². The van der Waals surface area contributed by atoms with Crippen molar-refractivity contribution in [1.29, 1.82) is 0 Å². The first-order valence-electron chi connectivity index (χ1n) is 9.02. The number of hydrogen-bond acceptors (Lipinski definition) is 5.